The van der Waals surface area contributed by atoms with E-state index < -0.39 is 16.2 Å². The number of rotatable bonds is 6. The Hall–Kier alpha value is -1.40. The van der Waals surface area contributed by atoms with Gasteiger partial charge in [0.05, 0.1) is 13.4 Å². The average Bonchev–Trinajstić information content (AvgIpc) is 2.34. The predicted octanol–water partition coefficient (Wildman–Crippen LogP) is 1.88. The van der Waals surface area contributed by atoms with Crippen LogP contribution in [0.2, 0.25) is 0 Å². The normalized spacial score (nSPS) is 13.3. The van der Waals surface area contributed by atoms with Crippen molar-refractivity contribution in [3.05, 3.63) is 29.8 Å². The lowest BCUT2D eigenvalue weighted by atomic mass is 9.98. The highest BCUT2D eigenvalue weighted by Gasteiger charge is 2.28. The van der Waals surface area contributed by atoms with Crippen molar-refractivity contribution in [2.24, 2.45) is 5.92 Å². The van der Waals surface area contributed by atoms with Crippen LogP contribution in [0.25, 0.3) is 0 Å². The van der Waals surface area contributed by atoms with Gasteiger partial charge in [-0.25, -0.2) is 0 Å². The standard InChI is InChI=1S/C13H18O5S/c1-9(2)13(18-19(4,15)16)12(14)10-5-7-11(17-3)8-6-10/h5-9,13H,1-4H3. The van der Waals surface area contributed by atoms with Crippen LogP contribution in [0.15, 0.2) is 24.3 Å². The van der Waals surface area contributed by atoms with E-state index in [9.17, 15) is 13.2 Å². The molecule has 0 saturated carbocycles. The van der Waals surface area contributed by atoms with E-state index in [0.717, 1.165) is 6.26 Å². The molecule has 19 heavy (non-hydrogen) atoms. The summed E-state index contributed by atoms with van der Waals surface area (Å²) in [4.78, 5) is 12.2. The van der Waals surface area contributed by atoms with Gasteiger partial charge in [0.25, 0.3) is 10.1 Å². The smallest absolute Gasteiger partial charge is 0.265 e. The molecule has 0 bridgehead atoms. The summed E-state index contributed by atoms with van der Waals surface area (Å²) in [5, 5.41) is 0. The summed E-state index contributed by atoms with van der Waals surface area (Å²) in [6, 6.07) is 6.46. The van der Waals surface area contributed by atoms with Crippen LogP contribution < -0.4 is 4.74 Å². The highest BCUT2D eigenvalue weighted by Crippen LogP contribution is 2.18. The molecule has 1 aromatic carbocycles. The second-order valence-corrected chi connectivity index (χ2v) is 6.16. The van der Waals surface area contributed by atoms with E-state index in [0.29, 0.717) is 11.3 Å². The molecule has 0 amide bonds. The number of hydrogen-bond donors (Lipinski definition) is 0. The van der Waals surface area contributed by atoms with Crippen LogP contribution in [-0.2, 0) is 14.3 Å². The Morgan fingerprint density at radius 3 is 2.05 bits per heavy atom. The minimum absolute atomic E-state index is 0.246. The summed E-state index contributed by atoms with van der Waals surface area (Å²) in [6.45, 7) is 3.47. The number of methoxy groups -OCH3 is 1. The third-order valence-corrected chi connectivity index (χ3v) is 3.07. The molecule has 1 unspecified atom stereocenters. The molecule has 0 spiro atoms. The molecule has 0 N–H and O–H groups in total. The van der Waals surface area contributed by atoms with Crippen molar-refractivity contribution < 1.29 is 22.1 Å². The molecular formula is C13H18O5S. The number of carbonyl (C=O) groups is 1. The van der Waals surface area contributed by atoms with Crippen LogP contribution >= 0.6 is 0 Å². The molecule has 106 valence electrons. The quantitative estimate of drug-likeness (QED) is 0.590. The van der Waals surface area contributed by atoms with Gasteiger partial charge in [-0.1, -0.05) is 13.8 Å². The van der Waals surface area contributed by atoms with E-state index in [1.807, 2.05) is 0 Å². The number of ether oxygens (including phenoxy) is 1. The molecule has 0 aliphatic carbocycles. The van der Waals surface area contributed by atoms with E-state index >= 15 is 0 Å². The summed E-state index contributed by atoms with van der Waals surface area (Å²) >= 11 is 0. The van der Waals surface area contributed by atoms with Crippen molar-refractivity contribution >= 4 is 15.9 Å². The van der Waals surface area contributed by atoms with Gasteiger partial charge >= 0.3 is 0 Å². The monoisotopic (exact) mass is 286 g/mol. The molecular weight excluding hydrogens is 268 g/mol. The molecule has 0 radical (unpaired) electrons. The number of hydrogen-bond acceptors (Lipinski definition) is 5. The second kappa shape index (κ2) is 6.16. The number of ketones is 1. The molecule has 0 aliphatic heterocycles. The fourth-order valence-electron chi connectivity index (χ4n) is 1.57. The van der Waals surface area contributed by atoms with Gasteiger partial charge < -0.3 is 4.74 Å². The maximum Gasteiger partial charge on any atom is 0.265 e. The van der Waals surface area contributed by atoms with E-state index in [-0.39, 0.29) is 11.7 Å². The van der Waals surface area contributed by atoms with E-state index in [2.05, 4.69) is 0 Å². The Kier molecular flexibility index (Phi) is 5.08. The summed E-state index contributed by atoms with van der Waals surface area (Å²) in [5.74, 6) is 0.0223. The van der Waals surface area contributed by atoms with Crippen LogP contribution in [0, 0.1) is 5.92 Å². The third kappa shape index (κ3) is 4.65. The van der Waals surface area contributed by atoms with Crippen molar-refractivity contribution in [2.75, 3.05) is 13.4 Å². The molecule has 1 aromatic rings. The zero-order valence-electron chi connectivity index (χ0n) is 11.4. The largest absolute Gasteiger partial charge is 0.497 e. The van der Waals surface area contributed by atoms with Gasteiger partial charge in [-0.05, 0) is 30.2 Å². The summed E-state index contributed by atoms with van der Waals surface area (Å²) in [7, 11) is -2.15. The maximum absolute atomic E-state index is 12.2. The van der Waals surface area contributed by atoms with Gasteiger partial charge in [0, 0.05) is 5.56 Å². The molecule has 5 nitrogen and oxygen atoms in total. The van der Waals surface area contributed by atoms with Crippen LogP contribution in [-0.4, -0.2) is 33.7 Å². The lowest BCUT2D eigenvalue weighted by molar-refractivity contribution is 0.0726. The summed E-state index contributed by atoms with van der Waals surface area (Å²) < 4.78 is 32.2. The number of benzene rings is 1. The number of Topliss-reactive ketones (excluding diaryl/α,β-unsaturated/α-hetero) is 1. The first-order chi connectivity index (χ1) is 8.74. The van der Waals surface area contributed by atoms with Crippen LogP contribution in [0.1, 0.15) is 24.2 Å². The van der Waals surface area contributed by atoms with Crippen molar-refractivity contribution in [1.29, 1.82) is 0 Å². The topological polar surface area (TPSA) is 69.7 Å². The zero-order valence-corrected chi connectivity index (χ0v) is 12.2. The first-order valence-corrected chi connectivity index (χ1v) is 7.63. The van der Waals surface area contributed by atoms with Gasteiger partial charge in [0.1, 0.15) is 11.9 Å². The summed E-state index contributed by atoms with van der Waals surface area (Å²) in [5.41, 5.74) is 0.392. The van der Waals surface area contributed by atoms with Crippen LogP contribution in [0.5, 0.6) is 5.75 Å². The second-order valence-electron chi connectivity index (χ2n) is 4.56. The molecule has 0 fully saturated rings. The highest BCUT2D eigenvalue weighted by molar-refractivity contribution is 7.86. The van der Waals surface area contributed by atoms with Gasteiger partial charge in [-0.2, -0.15) is 8.42 Å². The van der Waals surface area contributed by atoms with Gasteiger partial charge in [0.15, 0.2) is 5.78 Å². The van der Waals surface area contributed by atoms with Crippen molar-refractivity contribution in [1.82, 2.24) is 0 Å². The molecule has 0 heterocycles. The Labute approximate surface area is 113 Å². The van der Waals surface area contributed by atoms with Gasteiger partial charge in [-0.15, -0.1) is 0 Å². The lowest BCUT2D eigenvalue weighted by Gasteiger charge is -2.18. The minimum Gasteiger partial charge on any atom is -0.497 e. The Morgan fingerprint density at radius 1 is 1.16 bits per heavy atom. The molecule has 1 rings (SSSR count). The van der Waals surface area contributed by atoms with Gasteiger partial charge in [0.2, 0.25) is 0 Å². The molecule has 1 atom stereocenters. The van der Waals surface area contributed by atoms with Gasteiger partial charge in [-0.3, -0.25) is 8.98 Å². The molecule has 0 saturated heterocycles. The SMILES string of the molecule is COc1ccc(C(=O)C(OS(C)(=O)=O)C(C)C)cc1. The fraction of sp³-hybridized carbons (Fsp3) is 0.462. The third-order valence-electron chi connectivity index (χ3n) is 2.52. The Morgan fingerprint density at radius 2 is 1.68 bits per heavy atom. The highest BCUT2D eigenvalue weighted by atomic mass is 32.2. The molecule has 0 aromatic heterocycles. The zero-order chi connectivity index (χ0) is 14.6. The Balaban J connectivity index is 2.99. The maximum atomic E-state index is 12.2. The van der Waals surface area contributed by atoms with Crippen LogP contribution in [0.4, 0.5) is 0 Å². The molecule has 6 heteroatoms. The molecule has 0 aliphatic rings. The van der Waals surface area contributed by atoms with E-state index in [1.54, 1.807) is 38.1 Å². The van der Waals surface area contributed by atoms with Crippen molar-refractivity contribution in [2.45, 2.75) is 20.0 Å². The first-order valence-electron chi connectivity index (χ1n) is 5.81. The lowest BCUT2D eigenvalue weighted by Crippen LogP contribution is -2.32. The van der Waals surface area contributed by atoms with Crippen LogP contribution in [0.3, 0.4) is 0 Å². The van der Waals surface area contributed by atoms with E-state index in [1.165, 1.54) is 7.11 Å². The fourth-order valence-corrected chi connectivity index (χ4v) is 2.25. The predicted molar refractivity (Wildman–Crippen MR) is 71.9 cm³/mol. The average molecular weight is 286 g/mol. The van der Waals surface area contributed by atoms with E-state index in [4.69, 9.17) is 8.92 Å². The number of carbonyl (C=O) groups excluding carboxylic acids is 1. The first kappa shape index (κ1) is 15.7. The minimum atomic E-state index is -3.68. The van der Waals surface area contributed by atoms with Crippen molar-refractivity contribution in [3.8, 4) is 5.75 Å². The van der Waals surface area contributed by atoms with Crippen molar-refractivity contribution in [3.63, 3.8) is 0 Å². The summed E-state index contributed by atoms with van der Waals surface area (Å²) in [6.07, 6.45) is -0.0765. The Bertz CT molecular complexity index is 531.